The molecule has 0 fully saturated rings. The normalized spacial score (nSPS) is 11.5. The molecule has 0 unspecified atom stereocenters. The van der Waals surface area contributed by atoms with E-state index in [0.717, 1.165) is 24.9 Å². The Morgan fingerprint density at radius 2 is 1.88 bits per heavy atom. The zero-order valence-corrected chi connectivity index (χ0v) is 10.7. The lowest BCUT2D eigenvalue weighted by Gasteiger charge is -2.25. The summed E-state index contributed by atoms with van der Waals surface area (Å²) in [6.45, 7) is 7.29. The van der Waals surface area contributed by atoms with Gasteiger partial charge in [-0.3, -0.25) is 0 Å². The number of benzene rings is 1. The zero-order chi connectivity index (χ0) is 12.9. The minimum atomic E-state index is -0.127. The van der Waals surface area contributed by atoms with Crippen LogP contribution in [0, 0.1) is 4.91 Å². The summed E-state index contributed by atoms with van der Waals surface area (Å²) >= 11 is 0. The van der Waals surface area contributed by atoms with Gasteiger partial charge in [-0.1, -0.05) is 25.5 Å². The number of hydrogen-bond donors (Lipinski definition) is 2. The zero-order valence-electron chi connectivity index (χ0n) is 10.7. The second-order valence-electron chi connectivity index (χ2n) is 4.93. The van der Waals surface area contributed by atoms with E-state index in [9.17, 15) is 4.91 Å². The van der Waals surface area contributed by atoms with E-state index < -0.39 is 0 Å². The lowest BCUT2D eigenvalue weighted by molar-refractivity contribution is -0.729. The number of nitrogens with zero attached hydrogens (tertiary/aromatic N) is 1. The average molecular weight is 237 g/mol. The van der Waals surface area contributed by atoms with Crippen molar-refractivity contribution in [1.82, 2.24) is 5.32 Å². The maximum absolute atomic E-state index is 10.6. The SMILES string of the molecule is CCCC(C)(C)NCc1ccc([N+](=O)O)cc1. The van der Waals surface area contributed by atoms with E-state index in [1.807, 2.05) is 12.1 Å². The lowest BCUT2D eigenvalue weighted by Crippen LogP contribution is -2.38. The molecule has 1 aromatic rings. The van der Waals surface area contributed by atoms with Crippen LogP contribution < -0.4 is 5.32 Å². The van der Waals surface area contributed by atoms with Crippen molar-refractivity contribution in [3.63, 3.8) is 0 Å². The third-order valence-electron chi connectivity index (χ3n) is 2.80. The van der Waals surface area contributed by atoms with E-state index in [0.29, 0.717) is 0 Å². The van der Waals surface area contributed by atoms with Gasteiger partial charge in [0.05, 0.1) is 4.91 Å². The largest absolute Gasteiger partial charge is 0.316 e. The Hall–Kier alpha value is -1.42. The molecule has 17 heavy (non-hydrogen) atoms. The fourth-order valence-corrected chi connectivity index (χ4v) is 1.80. The van der Waals surface area contributed by atoms with Crippen molar-refractivity contribution < 1.29 is 10.1 Å². The van der Waals surface area contributed by atoms with Gasteiger partial charge >= 0.3 is 5.69 Å². The predicted octanol–water partition coefficient (Wildman–Crippen LogP) is 3.15. The van der Waals surface area contributed by atoms with Crippen molar-refractivity contribution in [1.29, 1.82) is 0 Å². The van der Waals surface area contributed by atoms with Crippen LogP contribution in [0.15, 0.2) is 24.3 Å². The molecule has 0 heterocycles. The first-order valence-electron chi connectivity index (χ1n) is 5.95. The molecule has 4 nitrogen and oxygen atoms in total. The fourth-order valence-electron chi connectivity index (χ4n) is 1.80. The van der Waals surface area contributed by atoms with Crippen LogP contribution in [0.5, 0.6) is 0 Å². The van der Waals surface area contributed by atoms with Crippen molar-refractivity contribution in [3.05, 3.63) is 34.7 Å². The van der Waals surface area contributed by atoms with E-state index in [1.54, 1.807) is 12.1 Å². The Kier molecular flexibility index (Phi) is 4.63. The molecule has 0 amide bonds. The highest BCUT2D eigenvalue weighted by molar-refractivity contribution is 5.32. The van der Waals surface area contributed by atoms with E-state index >= 15 is 0 Å². The maximum Gasteiger partial charge on any atom is 0.316 e. The minimum Gasteiger partial charge on any atom is -0.308 e. The van der Waals surface area contributed by atoms with Crippen molar-refractivity contribution in [3.8, 4) is 0 Å². The molecular formula is C13H21N2O2+. The molecule has 0 saturated carbocycles. The summed E-state index contributed by atoms with van der Waals surface area (Å²) < 4.78 is 0. The van der Waals surface area contributed by atoms with Gasteiger partial charge in [0.1, 0.15) is 0 Å². The predicted molar refractivity (Wildman–Crippen MR) is 67.3 cm³/mol. The van der Waals surface area contributed by atoms with Crippen molar-refractivity contribution in [2.45, 2.75) is 45.7 Å². The third kappa shape index (κ3) is 4.53. The summed E-state index contributed by atoms with van der Waals surface area (Å²) in [5.41, 5.74) is 1.47. The molecule has 2 N–H and O–H groups in total. The quantitative estimate of drug-likeness (QED) is 0.747. The van der Waals surface area contributed by atoms with Crippen LogP contribution in [-0.4, -0.2) is 15.7 Å². The van der Waals surface area contributed by atoms with Crippen LogP contribution >= 0.6 is 0 Å². The number of nitrogens with one attached hydrogen (secondary N) is 1. The second-order valence-corrected chi connectivity index (χ2v) is 4.93. The summed E-state index contributed by atoms with van der Waals surface area (Å²) in [6.07, 6.45) is 2.27. The molecule has 0 spiro atoms. The van der Waals surface area contributed by atoms with Crippen LogP contribution in [0.4, 0.5) is 5.69 Å². The summed E-state index contributed by atoms with van der Waals surface area (Å²) in [5, 5.41) is 12.2. The van der Waals surface area contributed by atoms with E-state index in [4.69, 9.17) is 5.21 Å². The first-order chi connectivity index (χ1) is 7.94. The van der Waals surface area contributed by atoms with Gasteiger partial charge in [0.15, 0.2) is 0 Å². The Balaban J connectivity index is 2.55. The average Bonchev–Trinajstić information content (AvgIpc) is 2.27. The summed E-state index contributed by atoms with van der Waals surface area (Å²) in [4.78, 5) is 10.5. The van der Waals surface area contributed by atoms with Crippen LogP contribution in [0.25, 0.3) is 0 Å². The fraction of sp³-hybridized carbons (Fsp3) is 0.538. The molecule has 1 rings (SSSR count). The molecule has 0 aliphatic carbocycles. The molecule has 0 aliphatic heterocycles. The van der Waals surface area contributed by atoms with E-state index in [-0.39, 0.29) is 16.1 Å². The smallest absolute Gasteiger partial charge is 0.308 e. The molecule has 1 aromatic carbocycles. The van der Waals surface area contributed by atoms with Gasteiger partial charge < -0.3 is 5.32 Å². The molecule has 0 bridgehead atoms. The van der Waals surface area contributed by atoms with Crippen LogP contribution in [0.3, 0.4) is 0 Å². The first kappa shape index (κ1) is 13.6. The summed E-state index contributed by atoms with van der Waals surface area (Å²) in [5.74, 6) is 0. The summed E-state index contributed by atoms with van der Waals surface area (Å²) in [7, 11) is 0. The van der Waals surface area contributed by atoms with Gasteiger partial charge in [0.25, 0.3) is 4.92 Å². The van der Waals surface area contributed by atoms with Gasteiger partial charge in [0.2, 0.25) is 0 Å². The third-order valence-corrected chi connectivity index (χ3v) is 2.80. The lowest BCUT2D eigenvalue weighted by atomic mass is 9.98. The first-order valence-corrected chi connectivity index (χ1v) is 5.95. The van der Waals surface area contributed by atoms with Gasteiger partial charge in [-0.2, -0.15) is 0 Å². The van der Waals surface area contributed by atoms with Gasteiger partial charge in [-0.15, -0.1) is 0 Å². The highest BCUT2D eigenvalue weighted by Crippen LogP contribution is 2.14. The molecule has 0 aliphatic rings. The summed E-state index contributed by atoms with van der Waals surface area (Å²) in [6, 6.07) is 6.89. The topological polar surface area (TPSA) is 52.3 Å². The molecule has 0 aromatic heterocycles. The minimum absolute atomic E-state index is 0.120. The molecular weight excluding hydrogens is 216 g/mol. The number of rotatable bonds is 6. The van der Waals surface area contributed by atoms with Crippen molar-refractivity contribution >= 4 is 5.69 Å². The monoisotopic (exact) mass is 237 g/mol. The maximum atomic E-state index is 10.6. The van der Waals surface area contributed by atoms with E-state index in [2.05, 4.69) is 26.1 Å². The highest BCUT2D eigenvalue weighted by atomic mass is 16.6. The second kappa shape index (κ2) is 5.77. The van der Waals surface area contributed by atoms with E-state index in [1.165, 1.54) is 0 Å². The Labute approximate surface area is 102 Å². The Morgan fingerprint density at radius 1 is 1.29 bits per heavy atom. The molecule has 94 valence electrons. The van der Waals surface area contributed by atoms with Crippen LogP contribution in [-0.2, 0) is 6.54 Å². The molecule has 0 atom stereocenters. The standard InChI is InChI=1S/C13H21N2O2/c1-4-9-13(2,3)14-10-11-5-7-12(8-6-11)15(16)17/h5-8,14H,4,9-10H2,1-3H3,(H,16,17)/q+1. The van der Waals surface area contributed by atoms with Gasteiger partial charge in [-0.25, -0.2) is 5.21 Å². The highest BCUT2D eigenvalue weighted by Gasteiger charge is 2.15. The number of hydrogen-bond acceptors (Lipinski definition) is 2. The van der Waals surface area contributed by atoms with Crippen molar-refractivity contribution in [2.75, 3.05) is 0 Å². The van der Waals surface area contributed by atoms with Crippen LogP contribution in [0.1, 0.15) is 39.2 Å². The Morgan fingerprint density at radius 3 is 2.35 bits per heavy atom. The molecule has 0 radical (unpaired) electrons. The van der Waals surface area contributed by atoms with Gasteiger partial charge in [-0.05, 0) is 25.8 Å². The van der Waals surface area contributed by atoms with Crippen LogP contribution in [0.2, 0.25) is 0 Å². The van der Waals surface area contributed by atoms with Gasteiger partial charge in [0, 0.05) is 24.2 Å². The Bertz CT molecular complexity index is 372. The van der Waals surface area contributed by atoms with Crippen molar-refractivity contribution in [2.24, 2.45) is 0 Å². The molecule has 4 heteroatoms. The molecule has 0 saturated heterocycles.